The molecule has 0 radical (unpaired) electrons. The summed E-state index contributed by atoms with van der Waals surface area (Å²) in [7, 11) is -3.67. The number of anilines is 1. The van der Waals surface area contributed by atoms with Gasteiger partial charge < -0.3 is 5.73 Å². The number of nitrogens with zero attached hydrogens (tertiary/aromatic N) is 1. The largest absolute Gasteiger partial charge is 0.389 e. The average molecular weight is 298 g/mol. The molecule has 1 amide bonds. The first-order chi connectivity index (χ1) is 8.60. The molecule has 2 N–H and O–H groups in total. The van der Waals surface area contributed by atoms with Gasteiger partial charge in [0.25, 0.3) is 15.9 Å². The highest BCUT2D eigenvalue weighted by Gasteiger charge is 2.61. The van der Waals surface area contributed by atoms with Crippen LogP contribution in [0.15, 0.2) is 18.2 Å². The molecule has 1 fully saturated rings. The lowest BCUT2D eigenvalue weighted by atomic mass is 10.1. The Labute approximate surface area is 117 Å². The smallest absolute Gasteiger partial charge is 0.263 e. The number of benzene rings is 1. The number of thiocarbonyl (C=S) groups is 1. The second-order valence-electron chi connectivity index (χ2n) is 4.95. The van der Waals surface area contributed by atoms with Gasteiger partial charge in [-0.25, -0.2) is 12.7 Å². The zero-order chi connectivity index (χ0) is 14.6. The van der Waals surface area contributed by atoms with Gasteiger partial charge in [0.2, 0.25) is 0 Å². The van der Waals surface area contributed by atoms with Gasteiger partial charge in [-0.05, 0) is 32.4 Å². The molecule has 2 rings (SSSR count). The Morgan fingerprint density at radius 2 is 1.95 bits per heavy atom. The molecule has 1 saturated heterocycles. The summed E-state index contributed by atoms with van der Waals surface area (Å²) in [6.07, 6.45) is 0. The topological polar surface area (TPSA) is 80.5 Å². The summed E-state index contributed by atoms with van der Waals surface area (Å²) < 4.78 is 23.8. The number of amides is 1. The van der Waals surface area contributed by atoms with E-state index < -0.39 is 20.7 Å². The standard InChI is InChI=1S/C12H14N2O3S2/c1-7-4-5-8(10(13)18)6-9(7)14-11(15)12(2,3)19(14,16)17/h4-6H,1-3H3,(H2,13,18). The summed E-state index contributed by atoms with van der Waals surface area (Å²) in [5.41, 5.74) is 7.05. The number of nitrogens with two attached hydrogens (primary N) is 1. The number of carbonyl (C=O) groups is 1. The molecule has 5 nitrogen and oxygen atoms in total. The van der Waals surface area contributed by atoms with E-state index in [0.29, 0.717) is 16.8 Å². The molecular formula is C12H14N2O3S2. The minimum atomic E-state index is -3.67. The quantitative estimate of drug-likeness (QED) is 0.827. The number of carbonyl (C=O) groups excluding carboxylic acids is 1. The molecular weight excluding hydrogens is 284 g/mol. The van der Waals surface area contributed by atoms with Gasteiger partial charge in [-0.2, -0.15) is 0 Å². The van der Waals surface area contributed by atoms with Crippen molar-refractivity contribution in [1.82, 2.24) is 0 Å². The Morgan fingerprint density at radius 1 is 1.37 bits per heavy atom. The Kier molecular flexibility index (Phi) is 2.94. The highest BCUT2D eigenvalue weighted by molar-refractivity contribution is 7.98. The van der Waals surface area contributed by atoms with Crippen LogP contribution in [0.5, 0.6) is 0 Å². The van der Waals surface area contributed by atoms with Crippen molar-refractivity contribution in [2.75, 3.05) is 4.31 Å². The predicted octanol–water partition coefficient (Wildman–Crippen LogP) is 1.08. The van der Waals surface area contributed by atoms with Crippen LogP contribution in [0.4, 0.5) is 5.69 Å². The van der Waals surface area contributed by atoms with Crippen molar-refractivity contribution in [3.63, 3.8) is 0 Å². The van der Waals surface area contributed by atoms with Gasteiger partial charge in [0.1, 0.15) is 4.99 Å². The number of hydrogen-bond donors (Lipinski definition) is 1. The van der Waals surface area contributed by atoms with Gasteiger partial charge in [-0.3, -0.25) is 4.79 Å². The molecule has 0 unspecified atom stereocenters. The molecule has 0 saturated carbocycles. The number of rotatable bonds is 2. The van der Waals surface area contributed by atoms with Crippen molar-refractivity contribution in [2.24, 2.45) is 5.73 Å². The molecule has 102 valence electrons. The van der Waals surface area contributed by atoms with Gasteiger partial charge in [0, 0.05) is 5.56 Å². The van der Waals surface area contributed by atoms with Crippen molar-refractivity contribution in [3.8, 4) is 0 Å². The van der Waals surface area contributed by atoms with E-state index in [-0.39, 0.29) is 4.99 Å². The second-order valence-corrected chi connectivity index (χ2v) is 7.73. The third kappa shape index (κ3) is 1.76. The molecule has 1 heterocycles. The fourth-order valence-electron chi connectivity index (χ4n) is 1.87. The SMILES string of the molecule is Cc1ccc(C(N)=S)cc1N1C(=O)C(C)(C)S1(=O)=O. The number of sulfonamides is 1. The van der Waals surface area contributed by atoms with Crippen LogP contribution in [0, 0.1) is 6.92 Å². The lowest BCUT2D eigenvalue weighted by Crippen LogP contribution is -2.67. The molecule has 0 atom stereocenters. The summed E-state index contributed by atoms with van der Waals surface area (Å²) in [6, 6.07) is 4.92. The molecule has 1 aromatic rings. The third-order valence-corrected chi connectivity index (χ3v) is 5.84. The van der Waals surface area contributed by atoms with Crippen LogP contribution < -0.4 is 10.0 Å². The summed E-state index contributed by atoms with van der Waals surface area (Å²) >= 11 is 4.86. The highest BCUT2D eigenvalue weighted by Crippen LogP contribution is 2.40. The normalized spacial score (nSPS) is 19.9. The van der Waals surface area contributed by atoms with Crippen LogP contribution in [0.2, 0.25) is 0 Å². The van der Waals surface area contributed by atoms with Crippen LogP contribution in [-0.2, 0) is 14.8 Å². The predicted molar refractivity (Wildman–Crippen MR) is 77.6 cm³/mol. The van der Waals surface area contributed by atoms with Crippen LogP contribution >= 0.6 is 12.2 Å². The van der Waals surface area contributed by atoms with Crippen molar-refractivity contribution in [1.29, 1.82) is 0 Å². The van der Waals surface area contributed by atoms with Gasteiger partial charge in [0.05, 0.1) is 5.69 Å². The Bertz CT molecular complexity index is 693. The fourth-order valence-corrected chi connectivity index (χ4v) is 3.54. The summed E-state index contributed by atoms with van der Waals surface area (Å²) in [6.45, 7) is 4.52. The Morgan fingerprint density at radius 3 is 2.42 bits per heavy atom. The van der Waals surface area contributed by atoms with Crippen molar-refractivity contribution >= 4 is 38.8 Å². The average Bonchev–Trinajstić information content (AvgIpc) is 2.30. The van der Waals surface area contributed by atoms with Crippen molar-refractivity contribution < 1.29 is 13.2 Å². The van der Waals surface area contributed by atoms with E-state index >= 15 is 0 Å². The maximum absolute atomic E-state index is 12.2. The molecule has 1 aliphatic rings. The molecule has 19 heavy (non-hydrogen) atoms. The molecule has 0 aliphatic carbocycles. The molecule has 1 aliphatic heterocycles. The summed E-state index contributed by atoms with van der Waals surface area (Å²) in [5, 5.41) is 0. The fraction of sp³-hybridized carbons (Fsp3) is 0.333. The van der Waals surface area contributed by atoms with Crippen LogP contribution in [0.3, 0.4) is 0 Å². The van der Waals surface area contributed by atoms with E-state index in [1.165, 1.54) is 19.9 Å². The maximum Gasteiger partial charge on any atom is 0.263 e. The van der Waals surface area contributed by atoms with Crippen LogP contribution in [0.1, 0.15) is 25.0 Å². The molecule has 1 aromatic carbocycles. The Hall–Kier alpha value is -1.47. The molecule has 0 bridgehead atoms. The zero-order valence-electron chi connectivity index (χ0n) is 10.8. The Balaban J connectivity index is 2.59. The molecule has 7 heteroatoms. The summed E-state index contributed by atoms with van der Waals surface area (Å²) in [5.74, 6) is -0.448. The van der Waals surface area contributed by atoms with E-state index in [1.807, 2.05) is 0 Å². The summed E-state index contributed by atoms with van der Waals surface area (Å²) in [4.78, 5) is 12.2. The minimum absolute atomic E-state index is 0.158. The van der Waals surface area contributed by atoms with Gasteiger partial charge in [-0.1, -0.05) is 24.4 Å². The maximum atomic E-state index is 12.2. The van der Waals surface area contributed by atoms with E-state index in [9.17, 15) is 13.2 Å². The van der Waals surface area contributed by atoms with Crippen LogP contribution in [-0.4, -0.2) is 24.1 Å². The van der Waals surface area contributed by atoms with Gasteiger partial charge in [0.15, 0.2) is 4.75 Å². The minimum Gasteiger partial charge on any atom is -0.389 e. The molecule has 0 aromatic heterocycles. The molecule has 0 spiro atoms. The third-order valence-electron chi connectivity index (χ3n) is 3.30. The van der Waals surface area contributed by atoms with E-state index in [1.54, 1.807) is 19.1 Å². The first kappa shape index (κ1) is 14.0. The number of aryl methyl sites for hydroxylation is 1. The lowest BCUT2D eigenvalue weighted by Gasteiger charge is -2.43. The number of hydrogen-bond acceptors (Lipinski definition) is 4. The van der Waals surface area contributed by atoms with Crippen molar-refractivity contribution in [3.05, 3.63) is 29.3 Å². The van der Waals surface area contributed by atoms with Crippen LogP contribution in [0.25, 0.3) is 0 Å². The zero-order valence-corrected chi connectivity index (χ0v) is 12.4. The monoisotopic (exact) mass is 298 g/mol. The van der Waals surface area contributed by atoms with Gasteiger partial charge in [-0.15, -0.1) is 0 Å². The van der Waals surface area contributed by atoms with E-state index in [4.69, 9.17) is 18.0 Å². The van der Waals surface area contributed by atoms with E-state index in [2.05, 4.69) is 0 Å². The lowest BCUT2D eigenvalue weighted by molar-refractivity contribution is -0.120. The highest BCUT2D eigenvalue weighted by atomic mass is 32.2. The van der Waals surface area contributed by atoms with Gasteiger partial charge >= 0.3 is 0 Å². The first-order valence-electron chi connectivity index (χ1n) is 5.60. The van der Waals surface area contributed by atoms with E-state index in [0.717, 1.165) is 4.31 Å². The first-order valence-corrected chi connectivity index (χ1v) is 7.45. The van der Waals surface area contributed by atoms with Crippen molar-refractivity contribution in [2.45, 2.75) is 25.5 Å². The second kappa shape index (κ2) is 4.01.